The molecule has 6 unspecified atom stereocenters. The molecule has 5 nitrogen and oxygen atoms in total. The van der Waals surface area contributed by atoms with Crippen molar-refractivity contribution in [1.29, 1.82) is 0 Å². The summed E-state index contributed by atoms with van der Waals surface area (Å²) < 4.78 is 4.91. The van der Waals surface area contributed by atoms with Crippen LogP contribution in [0, 0.1) is 22.2 Å². The molecule has 1 aliphatic heterocycles. The Bertz CT molecular complexity index is 640. The Morgan fingerprint density at radius 2 is 1.96 bits per heavy atom. The van der Waals surface area contributed by atoms with Crippen LogP contribution in [0.15, 0.2) is 23.8 Å². The summed E-state index contributed by atoms with van der Waals surface area (Å²) in [6.07, 6.45) is 4.27. The molecule has 0 amide bonds. The van der Waals surface area contributed by atoms with Crippen LogP contribution in [0.3, 0.4) is 0 Å². The topological polar surface area (TPSA) is 87.0 Å². The largest absolute Gasteiger partial charge is 0.459 e. The lowest BCUT2D eigenvalue weighted by atomic mass is 9.38. The molecule has 1 heterocycles. The number of hydrogen-bond acceptors (Lipinski definition) is 5. The first-order valence-electron chi connectivity index (χ1n) is 9.62. The second-order valence-electron chi connectivity index (χ2n) is 9.10. The standard InChI is InChI=1S/C21H32O5/c1-13-7-10-21(4)19(2,9-8-17(24)20(21,3)12-22)15(13)6-5-14-16(23)11-26-18(14)25/h5,15-17,22-24H,1,6-12H2,2-4H3. The monoisotopic (exact) mass is 364 g/mol. The van der Waals surface area contributed by atoms with E-state index in [1.54, 1.807) is 0 Å². The number of aliphatic hydroxyl groups excluding tert-OH is 3. The molecule has 5 heteroatoms. The van der Waals surface area contributed by atoms with Gasteiger partial charge >= 0.3 is 5.97 Å². The molecular weight excluding hydrogens is 332 g/mol. The molecule has 0 aromatic rings. The Balaban J connectivity index is 1.96. The number of fused-ring (bicyclic) bond motifs is 1. The van der Waals surface area contributed by atoms with E-state index in [0.29, 0.717) is 18.4 Å². The van der Waals surface area contributed by atoms with Crippen molar-refractivity contribution in [2.45, 2.75) is 65.1 Å². The Morgan fingerprint density at radius 1 is 1.27 bits per heavy atom. The number of esters is 1. The van der Waals surface area contributed by atoms with Crippen molar-refractivity contribution in [2.75, 3.05) is 13.2 Å². The van der Waals surface area contributed by atoms with Crippen LogP contribution in [0.25, 0.3) is 0 Å². The molecule has 6 atom stereocenters. The molecule has 2 saturated carbocycles. The van der Waals surface area contributed by atoms with Gasteiger partial charge in [0.1, 0.15) is 12.7 Å². The Morgan fingerprint density at radius 3 is 2.54 bits per heavy atom. The molecule has 0 bridgehead atoms. The zero-order valence-corrected chi connectivity index (χ0v) is 16.1. The maximum Gasteiger partial charge on any atom is 0.336 e. The predicted octanol–water partition coefficient (Wildman–Crippen LogP) is 2.35. The highest BCUT2D eigenvalue weighted by Gasteiger charge is 2.64. The van der Waals surface area contributed by atoms with Gasteiger partial charge in [-0.15, -0.1) is 0 Å². The lowest BCUT2D eigenvalue weighted by molar-refractivity contribution is -0.210. The Kier molecular flexibility index (Phi) is 4.87. The Labute approximate surface area is 155 Å². The van der Waals surface area contributed by atoms with Gasteiger partial charge in [-0.1, -0.05) is 39.0 Å². The van der Waals surface area contributed by atoms with E-state index in [4.69, 9.17) is 4.74 Å². The van der Waals surface area contributed by atoms with Gasteiger partial charge in [-0.2, -0.15) is 0 Å². The van der Waals surface area contributed by atoms with Gasteiger partial charge in [-0.25, -0.2) is 4.79 Å². The summed E-state index contributed by atoms with van der Waals surface area (Å²) in [5.41, 5.74) is 0.529. The summed E-state index contributed by atoms with van der Waals surface area (Å²) >= 11 is 0. The van der Waals surface area contributed by atoms with Crippen LogP contribution in [-0.4, -0.2) is 46.7 Å². The third-order valence-corrected chi connectivity index (χ3v) is 8.27. The van der Waals surface area contributed by atoms with Crippen LogP contribution < -0.4 is 0 Å². The third kappa shape index (κ3) is 2.51. The normalized spacial score (nSPS) is 47.8. The fraction of sp³-hybridized carbons (Fsp3) is 0.762. The number of hydrogen-bond donors (Lipinski definition) is 3. The summed E-state index contributed by atoms with van der Waals surface area (Å²) in [6, 6.07) is 0. The molecule has 2 aliphatic carbocycles. The molecule has 3 N–H and O–H groups in total. The van der Waals surface area contributed by atoms with Gasteiger partial charge in [-0.3, -0.25) is 0 Å². The molecule has 0 aromatic heterocycles. The number of rotatable bonds is 3. The van der Waals surface area contributed by atoms with Crippen molar-refractivity contribution >= 4 is 5.97 Å². The lowest BCUT2D eigenvalue weighted by Crippen LogP contribution is -2.64. The zero-order valence-electron chi connectivity index (χ0n) is 16.1. The van der Waals surface area contributed by atoms with E-state index in [2.05, 4.69) is 20.4 Å². The number of carbonyl (C=O) groups is 1. The average Bonchev–Trinajstić information content (AvgIpc) is 2.93. The van der Waals surface area contributed by atoms with E-state index in [1.807, 2.05) is 13.0 Å². The van der Waals surface area contributed by atoms with Crippen LogP contribution in [0.2, 0.25) is 0 Å². The maximum atomic E-state index is 11.8. The highest BCUT2D eigenvalue weighted by Crippen LogP contribution is 2.68. The first kappa shape index (κ1) is 19.6. The third-order valence-electron chi connectivity index (χ3n) is 8.27. The molecule has 146 valence electrons. The lowest BCUT2D eigenvalue weighted by Gasteiger charge is -2.66. The summed E-state index contributed by atoms with van der Waals surface area (Å²) in [7, 11) is 0. The summed E-state index contributed by atoms with van der Waals surface area (Å²) in [5, 5.41) is 30.8. The summed E-state index contributed by atoms with van der Waals surface area (Å²) in [6.45, 7) is 10.7. The average molecular weight is 364 g/mol. The molecule has 3 aliphatic rings. The minimum absolute atomic E-state index is 0.0278. The molecule has 3 fully saturated rings. The van der Waals surface area contributed by atoms with Crippen LogP contribution in [-0.2, 0) is 9.53 Å². The van der Waals surface area contributed by atoms with E-state index in [1.165, 1.54) is 0 Å². The fourth-order valence-corrected chi connectivity index (χ4v) is 5.85. The van der Waals surface area contributed by atoms with Crippen LogP contribution in [0.5, 0.6) is 0 Å². The van der Waals surface area contributed by atoms with Crippen LogP contribution in [0.1, 0.15) is 52.9 Å². The van der Waals surface area contributed by atoms with Gasteiger partial charge in [0.25, 0.3) is 0 Å². The first-order valence-corrected chi connectivity index (χ1v) is 9.62. The van der Waals surface area contributed by atoms with Gasteiger partial charge in [0.15, 0.2) is 0 Å². The van der Waals surface area contributed by atoms with Crippen LogP contribution in [0.4, 0.5) is 0 Å². The van der Waals surface area contributed by atoms with Gasteiger partial charge in [0.05, 0.1) is 18.3 Å². The first-order chi connectivity index (χ1) is 12.1. The van der Waals surface area contributed by atoms with Crippen molar-refractivity contribution in [3.05, 3.63) is 23.8 Å². The molecule has 26 heavy (non-hydrogen) atoms. The minimum atomic E-state index is -0.852. The summed E-state index contributed by atoms with van der Waals surface area (Å²) in [5.74, 6) is -0.307. The number of allylic oxidation sites excluding steroid dienone is 2. The molecule has 0 aromatic carbocycles. The van der Waals surface area contributed by atoms with E-state index < -0.39 is 23.6 Å². The van der Waals surface area contributed by atoms with E-state index in [-0.39, 0.29) is 30.0 Å². The van der Waals surface area contributed by atoms with E-state index in [9.17, 15) is 20.1 Å². The molecule has 0 radical (unpaired) electrons. The van der Waals surface area contributed by atoms with Crippen molar-refractivity contribution in [3.63, 3.8) is 0 Å². The van der Waals surface area contributed by atoms with Crippen molar-refractivity contribution in [1.82, 2.24) is 0 Å². The number of cyclic esters (lactones) is 1. The van der Waals surface area contributed by atoms with E-state index in [0.717, 1.165) is 24.8 Å². The fourth-order valence-electron chi connectivity index (χ4n) is 5.85. The molecule has 1 saturated heterocycles. The highest BCUT2D eigenvalue weighted by molar-refractivity contribution is 5.91. The van der Waals surface area contributed by atoms with Crippen molar-refractivity contribution < 1.29 is 24.9 Å². The van der Waals surface area contributed by atoms with Crippen molar-refractivity contribution in [3.8, 4) is 0 Å². The Hall–Kier alpha value is -1.17. The van der Waals surface area contributed by atoms with Crippen LogP contribution >= 0.6 is 0 Å². The number of carbonyl (C=O) groups excluding carboxylic acids is 1. The molecule has 3 rings (SSSR count). The van der Waals surface area contributed by atoms with E-state index >= 15 is 0 Å². The molecular formula is C21H32O5. The smallest absolute Gasteiger partial charge is 0.336 e. The second kappa shape index (κ2) is 6.47. The minimum Gasteiger partial charge on any atom is -0.459 e. The number of aliphatic hydroxyl groups is 3. The molecule has 0 spiro atoms. The highest BCUT2D eigenvalue weighted by atomic mass is 16.6. The quantitative estimate of drug-likeness (QED) is 0.406. The van der Waals surface area contributed by atoms with Gasteiger partial charge in [0.2, 0.25) is 0 Å². The zero-order chi connectivity index (χ0) is 19.3. The SMILES string of the molecule is C=C1CCC2(C)C(C)(CO)C(O)CCC2(C)C1CC=C1C(=O)OCC1O. The maximum absolute atomic E-state index is 11.8. The second-order valence-corrected chi connectivity index (χ2v) is 9.10. The van der Waals surface area contributed by atoms with Gasteiger partial charge in [0, 0.05) is 5.41 Å². The summed E-state index contributed by atoms with van der Waals surface area (Å²) in [4.78, 5) is 11.8. The predicted molar refractivity (Wildman–Crippen MR) is 98.2 cm³/mol. The van der Waals surface area contributed by atoms with Gasteiger partial charge < -0.3 is 20.1 Å². The number of ether oxygens (including phenoxy) is 1. The van der Waals surface area contributed by atoms with Gasteiger partial charge in [-0.05, 0) is 48.9 Å². The van der Waals surface area contributed by atoms with Crippen molar-refractivity contribution in [2.24, 2.45) is 22.2 Å².